The molecule has 4 bridgehead atoms. The van der Waals surface area contributed by atoms with Crippen LogP contribution in [0.2, 0.25) is 0 Å². The highest BCUT2D eigenvalue weighted by molar-refractivity contribution is 5.87. The van der Waals surface area contributed by atoms with E-state index in [0.717, 1.165) is 45.8 Å². The first-order valence-electron chi connectivity index (χ1n) is 9.22. The van der Waals surface area contributed by atoms with E-state index < -0.39 is 0 Å². The summed E-state index contributed by atoms with van der Waals surface area (Å²) in [5, 5.41) is 12.0. The predicted octanol–water partition coefficient (Wildman–Crippen LogP) is 5.36. The van der Waals surface area contributed by atoms with Crippen LogP contribution >= 0.6 is 0 Å². The number of fused-ring (bicyclic) bond motifs is 1. The summed E-state index contributed by atoms with van der Waals surface area (Å²) in [7, 11) is 1.82. The van der Waals surface area contributed by atoms with Crippen molar-refractivity contribution in [1.29, 1.82) is 0 Å². The molecule has 0 spiro atoms. The molecule has 0 atom stereocenters. The van der Waals surface area contributed by atoms with Crippen LogP contribution < -0.4 is 0 Å². The zero-order chi connectivity index (χ0) is 16.3. The molecular weight excluding hydrogens is 296 g/mol. The van der Waals surface area contributed by atoms with Crippen LogP contribution in [0.25, 0.3) is 16.5 Å². The maximum atomic E-state index is 9.79. The summed E-state index contributed by atoms with van der Waals surface area (Å²) in [6, 6.07) is 12.0. The Morgan fingerprint density at radius 3 is 2.21 bits per heavy atom. The third-order valence-electron chi connectivity index (χ3n) is 6.57. The van der Waals surface area contributed by atoms with Gasteiger partial charge in [-0.3, -0.25) is 0 Å². The highest BCUT2D eigenvalue weighted by atomic mass is 16.5. The van der Waals surface area contributed by atoms with Crippen molar-refractivity contribution in [3.05, 3.63) is 47.5 Å². The van der Waals surface area contributed by atoms with Gasteiger partial charge in [-0.05, 0) is 90.3 Å². The van der Waals surface area contributed by atoms with Gasteiger partial charge in [0, 0.05) is 5.56 Å². The molecule has 0 heterocycles. The van der Waals surface area contributed by atoms with Gasteiger partial charge in [0.15, 0.2) is 0 Å². The van der Waals surface area contributed by atoms with Gasteiger partial charge in [-0.25, -0.2) is 0 Å². The molecule has 1 N–H and O–H groups in total. The second kappa shape index (κ2) is 5.27. The normalized spacial score (nSPS) is 30.8. The molecule has 2 nitrogen and oxygen atoms in total. The monoisotopic (exact) mass is 320 g/mol. The van der Waals surface area contributed by atoms with E-state index >= 15 is 0 Å². The molecule has 124 valence electrons. The van der Waals surface area contributed by atoms with Crippen LogP contribution in [0.1, 0.15) is 37.7 Å². The fourth-order valence-electron chi connectivity index (χ4n) is 5.84. The Bertz CT molecular complexity index is 803. The number of hydrogen-bond acceptors (Lipinski definition) is 2. The SMILES string of the molecule is COC(=C1C2CC3CC(C2)CC1C3)c1ccc2ccc(O)cc2c1. The van der Waals surface area contributed by atoms with Crippen LogP contribution in [0, 0.1) is 23.7 Å². The van der Waals surface area contributed by atoms with Crippen molar-refractivity contribution in [3.8, 4) is 5.75 Å². The van der Waals surface area contributed by atoms with Crippen molar-refractivity contribution < 1.29 is 9.84 Å². The van der Waals surface area contributed by atoms with E-state index in [4.69, 9.17) is 4.74 Å². The zero-order valence-electron chi connectivity index (χ0n) is 14.2. The Hall–Kier alpha value is -1.96. The van der Waals surface area contributed by atoms with Gasteiger partial charge in [-0.1, -0.05) is 18.2 Å². The average molecular weight is 320 g/mol. The minimum absolute atomic E-state index is 0.320. The van der Waals surface area contributed by atoms with Crippen molar-refractivity contribution in [2.24, 2.45) is 23.7 Å². The minimum Gasteiger partial charge on any atom is -0.508 e. The standard InChI is InChI=1S/C22H24O2/c1-24-22(16-3-2-15-4-5-20(23)12-17(15)11-16)21-18-7-13-6-14(9-18)10-19(21)8-13/h2-5,11-14,18-19,23H,6-10H2,1H3. The number of methoxy groups -OCH3 is 1. The summed E-state index contributed by atoms with van der Waals surface area (Å²) >= 11 is 0. The summed E-state index contributed by atoms with van der Waals surface area (Å²) in [4.78, 5) is 0. The molecule has 0 saturated heterocycles. The number of benzene rings is 2. The molecule has 0 unspecified atom stereocenters. The van der Waals surface area contributed by atoms with E-state index in [9.17, 15) is 5.11 Å². The number of ether oxygens (including phenoxy) is 1. The van der Waals surface area contributed by atoms with Crippen LogP contribution in [0.3, 0.4) is 0 Å². The second-order valence-electron chi connectivity index (χ2n) is 8.04. The maximum Gasteiger partial charge on any atom is 0.125 e. The number of allylic oxidation sites excluding steroid dienone is 1. The summed E-state index contributed by atoms with van der Waals surface area (Å²) in [5.74, 6) is 4.81. The largest absolute Gasteiger partial charge is 0.508 e. The molecule has 2 aromatic rings. The molecule has 0 aromatic heterocycles. The van der Waals surface area contributed by atoms with Gasteiger partial charge in [0.1, 0.15) is 11.5 Å². The van der Waals surface area contributed by atoms with Crippen molar-refractivity contribution in [2.45, 2.75) is 32.1 Å². The summed E-state index contributed by atoms with van der Waals surface area (Å²) in [6.45, 7) is 0. The van der Waals surface area contributed by atoms with Crippen molar-refractivity contribution >= 4 is 16.5 Å². The van der Waals surface area contributed by atoms with E-state index in [1.807, 2.05) is 19.2 Å². The topological polar surface area (TPSA) is 29.5 Å². The Morgan fingerprint density at radius 2 is 1.54 bits per heavy atom. The van der Waals surface area contributed by atoms with E-state index in [2.05, 4.69) is 18.2 Å². The number of phenolic OH excluding ortho intramolecular Hbond substituents is 1. The number of rotatable bonds is 2. The lowest BCUT2D eigenvalue weighted by molar-refractivity contribution is 0.0675. The second-order valence-corrected chi connectivity index (χ2v) is 8.04. The first kappa shape index (κ1) is 14.4. The summed E-state index contributed by atoms with van der Waals surface area (Å²) < 4.78 is 5.96. The van der Waals surface area contributed by atoms with Gasteiger partial charge in [-0.15, -0.1) is 0 Å². The summed E-state index contributed by atoms with van der Waals surface area (Å²) in [6.07, 6.45) is 6.93. The molecule has 0 amide bonds. The average Bonchev–Trinajstić information content (AvgIpc) is 2.57. The molecule has 0 radical (unpaired) electrons. The Labute approximate surface area is 143 Å². The van der Waals surface area contributed by atoms with Gasteiger partial charge >= 0.3 is 0 Å². The molecule has 0 aliphatic heterocycles. The molecule has 4 fully saturated rings. The van der Waals surface area contributed by atoms with E-state index in [1.165, 1.54) is 32.1 Å². The van der Waals surface area contributed by atoms with Crippen molar-refractivity contribution in [2.75, 3.05) is 7.11 Å². The fraction of sp³-hybridized carbons (Fsp3) is 0.455. The highest BCUT2D eigenvalue weighted by Gasteiger charge is 2.46. The first-order valence-corrected chi connectivity index (χ1v) is 9.22. The molecule has 2 heteroatoms. The molecule has 2 aromatic carbocycles. The van der Waals surface area contributed by atoms with Crippen LogP contribution in [-0.4, -0.2) is 12.2 Å². The molecule has 4 aliphatic carbocycles. The van der Waals surface area contributed by atoms with E-state index in [-0.39, 0.29) is 0 Å². The highest BCUT2D eigenvalue weighted by Crippen LogP contribution is 2.57. The lowest BCUT2D eigenvalue weighted by Gasteiger charge is -2.51. The van der Waals surface area contributed by atoms with Gasteiger partial charge in [0.2, 0.25) is 0 Å². The van der Waals surface area contributed by atoms with Crippen LogP contribution in [0.5, 0.6) is 5.75 Å². The van der Waals surface area contributed by atoms with E-state index in [1.54, 1.807) is 11.6 Å². The summed E-state index contributed by atoms with van der Waals surface area (Å²) in [5.41, 5.74) is 2.75. The van der Waals surface area contributed by atoms with Crippen molar-refractivity contribution in [1.82, 2.24) is 0 Å². The third-order valence-corrected chi connectivity index (χ3v) is 6.57. The lowest BCUT2D eigenvalue weighted by Crippen LogP contribution is -2.40. The third kappa shape index (κ3) is 2.16. The number of phenols is 1. The lowest BCUT2D eigenvalue weighted by atomic mass is 9.54. The van der Waals surface area contributed by atoms with Crippen LogP contribution in [-0.2, 0) is 4.74 Å². The smallest absolute Gasteiger partial charge is 0.125 e. The van der Waals surface area contributed by atoms with Crippen LogP contribution in [0.15, 0.2) is 42.0 Å². The van der Waals surface area contributed by atoms with Gasteiger partial charge in [0.05, 0.1) is 7.11 Å². The predicted molar refractivity (Wildman–Crippen MR) is 96.6 cm³/mol. The molecular formula is C22H24O2. The van der Waals surface area contributed by atoms with Gasteiger partial charge in [0.25, 0.3) is 0 Å². The quantitative estimate of drug-likeness (QED) is 0.755. The zero-order valence-corrected chi connectivity index (χ0v) is 14.2. The number of aromatic hydroxyl groups is 1. The maximum absolute atomic E-state index is 9.79. The first-order chi connectivity index (χ1) is 11.7. The van der Waals surface area contributed by atoms with Crippen LogP contribution in [0.4, 0.5) is 0 Å². The van der Waals surface area contributed by atoms with Gasteiger partial charge < -0.3 is 9.84 Å². The number of hydrogen-bond donors (Lipinski definition) is 1. The fourth-order valence-corrected chi connectivity index (χ4v) is 5.84. The molecule has 4 saturated carbocycles. The molecule has 4 aliphatic rings. The van der Waals surface area contributed by atoms with Crippen molar-refractivity contribution in [3.63, 3.8) is 0 Å². The molecule has 24 heavy (non-hydrogen) atoms. The minimum atomic E-state index is 0.320. The van der Waals surface area contributed by atoms with E-state index in [0.29, 0.717) is 5.75 Å². The Morgan fingerprint density at radius 1 is 0.875 bits per heavy atom. The Balaban J connectivity index is 1.63. The Kier molecular flexibility index (Phi) is 3.16. The van der Waals surface area contributed by atoms with Gasteiger partial charge in [-0.2, -0.15) is 0 Å². The molecule has 6 rings (SSSR count).